The van der Waals surface area contributed by atoms with Crippen LogP contribution in [0.4, 0.5) is 0 Å². The monoisotopic (exact) mass is 350 g/mol. The zero-order valence-corrected chi connectivity index (χ0v) is 17.0. The third-order valence-corrected chi connectivity index (χ3v) is 13.0. The molecule has 0 aliphatic heterocycles. The molecule has 2 unspecified atom stereocenters. The molecule has 1 saturated carbocycles. The molecule has 2 heteroatoms. The molecule has 0 N–H and O–H groups in total. The first-order valence-electron chi connectivity index (χ1n) is 9.53. The van der Waals surface area contributed by atoms with Gasteiger partial charge in [0.15, 0.2) is 0 Å². The molecule has 0 heterocycles. The third-order valence-electron chi connectivity index (χ3n) is 6.25. The summed E-state index contributed by atoms with van der Waals surface area (Å²) in [5.74, 6) is 0.615. The molecular formula is C23H30OSi. The van der Waals surface area contributed by atoms with Crippen LogP contribution in [0.5, 0.6) is 0 Å². The minimum atomic E-state index is -2.17. The van der Waals surface area contributed by atoms with Gasteiger partial charge < -0.3 is 0 Å². The predicted molar refractivity (Wildman–Crippen MR) is 109 cm³/mol. The molecule has 1 aliphatic carbocycles. The van der Waals surface area contributed by atoms with E-state index in [4.69, 9.17) is 0 Å². The van der Waals surface area contributed by atoms with Gasteiger partial charge in [-0.3, -0.25) is 4.79 Å². The van der Waals surface area contributed by atoms with Crippen molar-refractivity contribution in [2.24, 2.45) is 5.92 Å². The van der Waals surface area contributed by atoms with E-state index in [1.807, 2.05) is 0 Å². The van der Waals surface area contributed by atoms with Crippen molar-refractivity contribution in [1.82, 2.24) is 0 Å². The summed E-state index contributed by atoms with van der Waals surface area (Å²) in [5.41, 5.74) is 0.457. The van der Waals surface area contributed by atoms with E-state index in [-0.39, 0.29) is 11.0 Å². The summed E-state index contributed by atoms with van der Waals surface area (Å²) in [5, 5.41) is 3.08. The molecule has 2 aromatic carbocycles. The van der Waals surface area contributed by atoms with Crippen molar-refractivity contribution in [2.75, 3.05) is 0 Å². The molecule has 1 aliphatic rings. The molecule has 0 aromatic heterocycles. The van der Waals surface area contributed by atoms with Crippen LogP contribution in [0.1, 0.15) is 47.0 Å². The van der Waals surface area contributed by atoms with Gasteiger partial charge >= 0.3 is 0 Å². The van der Waals surface area contributed by atoms with E-state index in [2.05, 4.69) is 88.4 Å². The van der Waals surface area contributed by atoms with Crippen molar-refractivity contribution in [3.63, 3.8) is 0 Å². The first-order valence-corrected chi connectivity index (χ1v) is 11.6. The lowest BCUT2D eigenvalue weighted by Crippen LogP contribution is -2.68. The second-order valence-corrected chi connectivity index (χ2v) is 13.6. The van der Waals surface area contributed by atoms with E-state index >= 15 is 0 Å². The van der Waals surface area contributed by atoms with Crippen molar-refractivity contribution in [3.05, 3.63) is 60.7 Å². The Morgan fingerprint density at radius 2 is 1.36 bits per heavy atom. The van der Waals surface area contributed by atoms with Crippen molar-refractivity contribution in [2.45, 2.75) is 57.5 Å². The third kappa shape index (κ3) is 3.01. The molecule has 2 aromatic rings. The zero-order chi connectivity index (χ0) is 18.1. The average Bonchev–Trinajstić information content (AvgIpc) is 2.60. The second kappa shape index (κ2) is 6.91. The van der Waals surface area contributed by atoms with Crippen LogP contribution >= 0.6 is 0 Å². The number of Topliss-reactive ketones (excluding diaryl/α,β-unsaturated/α-hetero) is 1. The smallest absolute Gasteiger partial charge is 0.135 e. The lowest BCUT2D eigenvalue weighted by Gasteiger charge is -2.52. The normalized spacial score (nSPS) is 22.0. The molecule has 0 bridgehead atoms. The Labute approximate surface area is 153 Å². The number of rotatable bonds is 3. The molecule has 1 nitrogen and oxygen atoms in total. The van der Waals surface area contributed by atoms with Gasteiger partial charge in [0.2, 0.25) is 0 Å². The summed E-state index contributed by atoms with van der Waals surface area (Å²) >= 11 is 0. The molecule has 2 atom stereocenters. The molecule has 0 radical (unpaired) electrons. The van der Waals surface area contributed by atoms with Crippen LogP contribution in [0.2, 0.25) is 10.6 Å². The maximum atomic E-state index is 12.7. The Bertz CT molecular complexity index is 675. The number of carbonyl (C=O) groups excluding carboxylic acids is 1. The Kier molecular flexibility index (Phi) is 5.01. The first-order chi connectivity index (χ1) is 11.9. The standard InChI is InChI=1S/C23H30OSi/c1-18-21(24)16-11-17-22(18)25(23(2,3)4,19-12-7-5-8-13-19)20-14-9-6-10-15-20/h5-10,12-15,18,22H,11,16-17H2,1-4H3. The number of benzene rings is 2. The highest BCUT2D eigenvalue weighted by molar-refractivity contribution is 7.05. The highest BCUT2D eigenvalue weighted by Gasteiger charge is 2.55. The van der Waals surface area contributed by atoms with E-state index in [9.17, 15) is 4.79 Å². The van der Waals surface area contributed by atoms with Gasteiger partial charge in [-0.15, -0.1) is 0 Å². The second-order valence-electron chi connectivity index (χ2n) is 8.54. The van der Waals surface area contributed by atoms with Gasteiger partial charge in [-0.1, -0.05) is 105 Å². The Morgan fingerprint density at radius 3 is 1.80 bits per heavy atom. The zero-order valence-electron chi connectivity index (χ0n) is 16.0. The Balaban J connectivity index is 2.32. The summed E-state index contributed by atoms with van der Waals surface area (Å²) < 4.78 is 0. The van der Waals surface area contributed by atoms with E-state index in [0.717, 1.165) is 12.8 Å². The van der Waals surface area contributed by atoms with Crippen molar-refractivity contribution in [1.29, 1.82) is 0 Å². The predicted octanol–water partition coefficient (Wildman–Crippen LogP) is 4.81. The van der Waals surface area contributed by atoms with Crippen LogP contribution in [0.25, 0.3) is 0 Å². The van der Waals surface area contributed by atoms with E-state index in [1.54, 1.807) is 0 Å². The maximum absolute atomic E-state index is 12.7. The van der Waals surface area contributed by atoms with Gasteiger partial charge in [0.05, 0.1) is 0 Å². The highest BCUT2D eigenvalue weighted by Crippen LogP contribution is 2.50. The largest absolute Gasteiger partial charge is 0.299 e. The molecule has 1 fully saturated rings. The van der Waals surface area contributed by atoms with Gasteiger partial charge in [-0.2, -0.15) is 0 Å². The molecule has 3 rings (SSSR count). The highest BCUT2D eigenvalue weighted by atomic mass is 28.3. The minimum absolute atomic E-state index is 0.131. The lowest BCUT2D eigenvalue weighted by atomic mass is 9.89. The summed E-state index contributed by atoms with van der Waals surface area (Å²) in [6.07, 6.45) is 2.97. The van der Waals surface area contributed by atoms with E-state index < -0.39 is 8.07 Å². The molecular weight excluding hydrogens is 320 g/mol. The Morgan fingerprint density at radius 1 is 0.880 bits per heavy atom. The Hall–Kier alpha value is -1.67. The van der Waals surface area contributed by atoms with Crippen molar-refractivity contribution >= 4 is 24.2 Å². The molecule has 132 valence electrons. The SMILES string of the molecule is CC1C(=O)CCCC1[Si](c1ccccc1)(c1ccccc1)C(C)(C)C. The summed E-state index contributed by atoms with van der Waals surface area (Å²) in [6.45, 7) is 9.37. The molecule has 0 spiro atoms. The van der Waals surface area contributed by atoms with E-state index in [0.29, 0.717) is 11.3 Å². The van der Waals surface area contributed by atoms with Gasteiger partial charge in [0.25, 0.3) is 0 Å². The molecule has 25 heavy (non-hydrogen) atoms. The molecule has 0 saturated heterocycles. The van der Waals surface area contributed by atoms with Crippen LogP contribution in [-0.4, -0.2) is 13.9 Å². The number of carbonyl (C=O) groups is 1. The van der Waals surface area contributed by atoms with Gasteiger partial charge in [-0.05, 0) is 17.0 Å². The average molecular weight is 351 g/mol. The summed E-state index contributed by atoms with van der Waals surface area (Å²) in [7, 11) is -2.17. The fourth-order valence-electron chi connectivity index (χ4n) is 5.21. The summed E-state index contributed by atoms with van der Waals surface area (Å²) in [6, 6.07) is 22.1. The number of hydrogen-bond donors (Lipinski definition) is 0. The van der Waals surface area contributed by atoms with Crippen LogP contribution in [-0.2, 0) is 4.79 Å². The fourth-order valence-corrected chi connectivity index (χ4v) is 12.3. The minimum Gasteiger partial charge on any atom is -0.299 e. The first kappa shape index (κ1) is 18.1. The van der Waals surface area contributed by atoms with Gasteiger partial charge in [0, 0.05) is 12.3 Å². The lowest BCUT2D eigenvalue weighted by molar-refractivity contribution is -0.123. The van der Waals surface area contributed by atoms with Gasteiger partial charge in [0.1, 0.15) is 13.9 Å². The van der Waals surface area contributed by atoms with Crippen molar-refractivity contribution < 1.29 is 4.79 Å². The fraction of sp³-hybridized carbons (Fsp3) is 0.435. The van der Waals surface area contributed by atoms with Crippen molar-refractivity contribution in [3.8, 4) is 0 Å². The molecule has 0 amide bonds. The maximum Gasteiger partial charge on any atom is 0.135 e. The topological polar surface area (TPSA) is 17.1 Å². The number of hydrogen-bond acceptors (Lipinski definition) is 1. The van der Waals surface area contributed by atoms with Gasteiger partial charge in [-0.25, -0.2) is 0 Å². The van der Waals surface area contributed by atoms with Crippen LogP contribution in [0, 0.1) is 5.92 Å². The van der Waals surface area contributed by atoms with Crippen LogP contribution < -0.4 is 10.4 Å². The van der Waals surface area contributed by atoms with Crippen LogP contribution in [0.15, 0.2) is 60.7 Å². The van der Waals surface area contributed by atoms with E-state index in [1.165, 1.54) is 16.8 Å². The van der Waals surface area contributed by atoms with Crippen LogP contribution in [0.3, 0.4) is 0 Å². The summed E-state index contributed by atoms with van der Waals surface area (Å²) in [4.78, 5) is 12.7. The number of ketones is 1. The quantitative estimate of drug-likeness (QED) is 0.726.